The van der Waals surface area contributed by atoms with E-state index in [1.54, 1.807) is 11.3 Å². The lowest BCUT2D eigenvalue weighted by molar-refractivity contribution is 0.267. The highest BCUT2D eigenvalue weighted by Gasteiger charge is 2.17. The Morgan fingerprint density at radius 1 is 1.67 bits per heavy atom. The third-order valence-corrected chi connectivity index (χ3v) is 2.99. The number of aliphatic hydroxyl groups is 1. The summed E-state index contributed by atoms with van der Waals surface area (Å²) >= 11 is 1.72. The first-order chi connectivity index (χ1) is 5.90. The summed E-state index contributed by atoms with van der Waals surface area (Å²) in [6.45, 7) is 0.189. The van der Waals surface area contributed by atoms with Crippen molar-refractivity contribution in [3.05, 3.63) is 22.4 Å². The summed E-state index contributed by atoms with van der Waals surface area (Å²) in [6, 6.07) is 4.28. The Hall–Kier alpha value is -0.670. The quantitative estimate of drug-likeness (QED) is 0.740. The Morgan fingerprint density at radius 2 is 2.58 bits per heavy atom. The molecule has 2 heterocycles. The first-order valence-electron chi connectivity index (χ1n) is 4.11. The first kappa shape index (κ1) is 7.95. The van der Waals surface area contributed by atoms with Crippen molar-refractivity contribution in [2.24, 2.45) is 4.99 Å². The number of hydrogen-bond acceptors (Lipinski definition) is 3. The van der Waals surface area contributed by atoms with Crippen molar-refractivity contribution in [1.82, 2.24) is 0 Å². The third kappa shape index (κ3) is 1.42. The van der Waals surface area contributed by atoms with Gasteiger partial charge in [-0.3, -0.25) is 4.99 Å². The highest BCUT2D eigenvalue weighted by Crippen LogP contribution is 2.21. The average molecular weight is 181 g/mol. The van der Waals surface area contributed by atoms with Gasteiger partial charge in [-0.1, -0.05) is 6.07 Å². The van der Waals surface area contributed by atoms with Crippen molar-refractivity contribution in [1.29, 1.82) is 0 Å². The van der Waals surface area contributed by atoms with Crippen LogP contribution in [0.5, 0.6) is 0 Å². The topological polar surface area (TPSA) is 32.6 Å². The monoisotopic (exact) mass is 181 g/mol. The molecule has 1 aromatic rings. The van der Waals surface area contributed by atoms with Crippen LogP contribution in [0.15, 0.2) is 22.5 Å². The molecule has 1 N–H and O–H groups in total. The molecule has 0 bridgehead atoms. The Bertz CT molecular complexity index is 279. The van der Waals surface area contributed by atoms with Gasteiger partial charge in [0.05, 0.1) is 18.4 Å². The van der Waals surface area contributed by atoms with Gasteiger partial charge in [0.15, 0.2) is 0 Å². The Morgan fingerprint density at radius 3 is 3.17 bits per heavy atom. The van der Waals surface area contributed by atoms with E-state index in [1.165, 1.54) is 10.6 Å². The maximum Gasteiger partial charge on any atom is 0.0737 e. The van der Waals surface area contributed by atoms with E-state index in [2.05, 4.69) is 16.4 Å². The van der Waals surface area contributed by atoms with Gasteiger partial charge in [0.1, 0.15) is 0 Å². The normalized spacial score (nSPS) is 22.8. The molecule has 0 saturated heterocycles. The van der Waals surface area contributed by atoms with E-state index in [4.69, 9.17) is 5.11 Å². The number of aliphatic hydroxyl groups excluding tert-OH is 1. The Kier molecular flexibility index (Phi) is 2.23. The zero-order valence-electron chi connectivity index (χ0n) is 6.73. The van der Waals surface area contributed by atoms with Crippen LogP contribution in [0, 0.1) is 0 Å². The van der Waals surface area contributed by atoms with Crippen molar-refractivity contribution in [3.63, 3.8) is 0 Å². The van der Waals surface area contributed by atoms with E-state index in [0.717, 1.165) is 12.8 Å². The largest absolute Gasteiger partial charge is 0.394 e. The van der Waals surface area contributed by atoms with E-state index in [9.17, 15) is 0 Å². The molecule has 1 aromatic heterocycles. The molecule has 1 aliphatic rings. The fourth-order valence-electron chi connectivity index (χ4n) is 1.41. The average Bonchev–Trinajstić information content (AvgIpc) is 2.75. The van der Waals surface area contributed by atoms with Gasteiger partial charge in [-0.25, -0.2) is 0 Å². The molecule has 3 heteroatoms. The van der Waals surface area contributed by atoms with Crippen LogP contribution >= 0.6 is 11.3 Å². The molecule has 2 rings (SSSR count). The molecule has 64 valence electrons. The molecule has 0 saturated carbocycles. The fourth-order valence-corrected chi connectivity index (χ4v) is 2.17. The van der Waals surface area contributed by atoms with Crippen molar-refractivity contribution in [2.45, 2.75) is 18.9 Å². The number of nitrogens with zero attached hydrogens (tertiary/aromatic N) is 1. The number of hydrogen-bond donors (Lipinski definition) is 1. The molecule has 0 spiro atoms. The lowest BCUT2D eigenvalue weighted by Crippen LogP contribution is -2.04. The molecule has 0 unspecified atom stereocenters. The summed E-state index contributed by atoms with van der Waals surface area (Å²) in [5.74, 6) is 0. The lowest BCUT2D eigenvalue weighted by atomic mass is 10.2. The van der Waals surface area contributed by atoms with Gasteiger partial charge >= 0.3 is 0 Å². The Balaban J connectivity index is 2.16. The summed E-state index contributed by atoms with van der Waals surface area (Å²) in [5, 5.41) is 10.9. The van der Waals surface area contributed by atoms with E-state index in [1.807, 2.05) is 6.07 Å². The van der Waals surface area contributed by atoms with Crippen molar-refractivity contribution >= 4 is 17.0 Å². The zero-order chi connectivity index (χ0) is 8.39. The van der Waals surface area contributed by atoms with Gasteiger partial charge < -0.3 is 5.11 Å². The van der Waals surface area contributed by atoms with Crippen LogP contribution in [-0.4, -0.2) is 23.5 Å². The molecule has 1 atom stereocenters. The fraction of sp³-hybridized carbons (Fsp3) is 0.444. The van der Waals surface area contributed by atoms with Crippen LogP contribution in [-0.2, 0) is 0 Å². The SMILES string of the molecule is OC[C@@H]1CCC(c2cccs2)=N1. The molecule has 0 aliphatic carbocycles. The van der Waals surface area contributed by atoms with Crippen LogP contribution in [0.4, 0.5) is 0 Å². The van der Waals surface area contributed by atoms with Crippen LogP contribution in [0.25, 0.3) is 0 Å². The van der Waals surface area contributed by atoms with Crippen LogP contribution in [0.3, 0.4) is 0 Å². The van der Waals surface area contributed by atoms with Crippen LogP contribution in [0.2, 0.25) is 0 Å². The first-order valence-corrected chi connectivity index (χ1v) is 4.99. The summed E-state index contributed by atoms with van der Waals surface area (Å²) < 4.78 is 0. The van der Waals surface area contributed by atoms with Crippen LogP contribution in [0.1, 0.15) is 17.7 Å². The molecule has 12 heavy (non-hydrogen) atoms. The maximum atomic E-state index is 8.88. The second-order valence-corrected chi connectivity index (χ2v) is 3.88. The predicted octanol–water partition coefficient (Wildman–Crippen LogP) is 1.69. The highest BCUT2D eigenvalue weighted by atomic mass is 32.1. The lowest BCUT2D eigenvalue weighted by Gasteiger charge is -1.96. The highest BCUT2D eigenvalue weighted by molar-refractivity contribution is 7.12. The van der Waals surface area contributed by atoms with E-state index in [0.29, 0.717) is 0 Å². The zero-order valence-corrected chi connectivity index (χ0v) is 7.55. The third-order valence-electron chi connectivity index (χ3n) is 2.07. The number of rotatable bonds is 2. The van der Waals surface area contributed by atoms with Crippen molar-refractivity contribution < 1.29 is 5.11 Å². The minimum absolute atomic E-state index is 0.155. The molecule has 0 aromatic carbocycles. The molecular weight excluding hydrogens is 170 g/mol. The molecule has 1 aliphatic heterocycles. The summed E-state index contributed by atoms with van der Waals surface area (Å²) in [4.78, 5) is 5.68. The van der Waals surface area contributed by atoms with E-state index in [-0.39, 0.29) is 12.6 Å². The summed E-state index contributed by atoms with van der Waals surface area (Å²) in [5.41, 5.74) is 1.17. The molecule has 0 fully saturated rings. The number of thiophene rings is 1. The standard InChI is InChI=1S/C9H11NOS/c11-6-7-3-4-8(10-7)9-2-1-5-12-9/h1-2,5,7,11H,3-4,6H2/t7-/m0/s1. The van der Waals surface area contributed by atoms with Gasteiger partial charge in [0.25, 0.3) is 0 Å². The summed E-state index contributed by atoms with van der Waals surface area (Å²) in [6.07, 6.45) is 2.02. The number of aliphatic imine (C=N–C) groups is 1. The molecule has 0 radical (unpaired) electrons. The van der Waals surface area contributed by atoms with Gasteiger partial charge in [-0.15, -0.1) is 11.3 Å². The van der Waals surface area contributed by atoms with E-state index >= 15 is 0 Å². The van der Waals surface area contributed by atoms with E-state index < -0.39 is 0 Å². The molecule has 0 amide bonds. The maximum absolute atomic E-state index is 8.88. The Labute approximate surface area is 75.6 Å². The second-order valence-electron chi connectivity index (χ2n) is 2.93. The smallest absolute Gasteiger partial charge is 0.0737 e. The van der Waals surface area contributed by atoms with Gasteiger partial charge in [0.2, 0.25) is 0 Å². The minimum Gasteiger partial charge on any atom is -0.394 e. The van der Waals surface area contributed by atoms with Crippen molar-refractivity contribution in [2.75, 3.05) is 6.61 Å². The van der Waals surface area contributed by atoms with Gasteiger partial charge in [0, 0.05) is 4.88 Å². The second kappa shape index (κ2) is 3.37. The van der Waals surface area contributed by atoms with Crippen LogP contribution < -0.4 is 0 Å². The molecular formula is C9H11NOS. The predicted molar refractivity (Wildman–Crippen MR) is 51.0 cm³/mol. The minimum atomic E-state index is 0.155. The summed E-state index contributed by atoms with van der Waals surface area (Å²) in [7, 11) is 0. The van der Waals surface area contributed by atoms with Gasteiger partial charge in [-0.2, -0.15) is 0 Å². The van der Waals surface area contributed by atoms with Crippen molar-refractivity contribution in [3.8, 4) is 0 Å². The molecule has 2 nitrogen and oxygen atoms in total. The van der Waals surface area contributed by atoms with Gasteiger partial charge in [-0.05, 0) is 24.3 Å².